The Labute approximate surface area is 223 Å². The molecular weight excluding hydrogens is 513 g/mol. The number of hydrogen-bond donors (Lipinski definition) is 2. The Hall–Kier alpha value is -4.22. The maximum atomic E-state index is 13.5. The molecule has 3 aromatic rings. The fourth-order valence-electron chi connectivity index (χ4n) is 4.61. The van der Waals surface area contributed by atoms with Crippen LogP contribution in [0, 0.1) is 11.8 Å². The number of hydrogen-bond acceptors (Lipinski definition) is 5. The smallest absolute Gasteiger partial charge is 0.354 e. The lowest BCUT2D eigenvalue weighted by atomic mass is 9.81. The summed E-state index contributed by atoms with van der Waals surface area (Å²) in [4.78, 5) is 43.7. The molecule has 2 N–H and O–H groups in total. The predicted molar refractivity (Wildman–Crippen MR) is 137 cm³/mol. The SMILES string of the molecule is CN(c1ccccn1)C(=O)[C@H]1CC[C@H](C(=O)NCCNC(=O)c2cn(-c3ccccc3)nc2C(F)(F)F)CC1. The second kappa shape index (κ2) is 12.1. The minimum absolute atomic E-state index is 0.0379. The molecule has 0 atom stereocenters. The number of aromatic nitrogens is 3. The van der Waals surface area contributed by atoms with Gasteiger partial charge in [-0.2, -0.15) is 18.3 Å². The summed E-state index contributed by atoms with van der Waals surface area (Å²) in [5.74, 6) is -1.08. The number of anilines is 1. The average Bonchev–Trinajstić information content (AvgIpc) is 3.42. The van der Waals surface area contributed by atoms with Gasteiger partial charge in [0.1, 0.15) is 5.82 Å². The van der Waals surface area contributed by atoms with E-state index in [4.69, 9.17) is 0 Å². The molecule has 1 fully saturated rings. The molecule has 12 heteroatoms. The molecule has 2 aromatic heterocycles. The maximum Gasteiger partial charge on any atom is 0.435 e. The van der Waals surface area contributed by atoms with Gasteiger partial charge in [-0.1, -0.05) is 24.3 Å². The highest BCUT2D eigenvalue weighted by Crippen LogP contribution is 2.32. The number of carbonyl (C=O) groups excluding carboxylic acids is 3. The third-order valence-electron chi connectivity index (χ3n) is 6.73. The number of nitrogens with one attached hydrogen (secondary N) is 2. The first-order valence-corrected chi connectivity index (χ1v) is 12.6. The van der Waals surface area contributed by atoms with Gasteiger partial charge in [-0.3, -0.25) is 19.3 Å². The van der Waals surface area contributed by atoms with Crippen molar-refractivity contribution in [2.75, 3.05) is 25.0 Å². The Morgan fingerprint density at radius 1 is 0.949 bits per heavy atom. The van der Waals surface area contributed by atoms with Crippen LogP contribution in [0.25, 0.3) is 5.69 Å². The number of rotatable bonds is 8. The molecule has 0 bridgehead atoms. The van der Waals surface area contributed by atoms with Crippen LogP contribution in [-0.4, -0.2) is 52.6 Å². The van der Waals surface area contributed by atoms with E-state index in [9.17, 15) is 27.6 Å². The van der Waals surface area contributed by atoms with Crippen molar-refractivity contribution in [2.24, 2.45) is 11.8 Å². The fourth-order valence-corrected chi connectivity index (χ4v) is 4.61. The summed E-state index contributed by atoms with van der Waals surface area (Å²) < 4.78 is 41.5. The van der Waals surface area contributed by atoms with Gasteiger partial charge in [-0.05, 0) is 49.9 Å². The van der Waals surface area contributed by atoms with Crippen LogP contribution < -0.4 is 15.5 Å². The summed E-state index contributed by atoms with van der Waals surface area (Å²) in [7, 11) is 1.68. The third-order valence-corrected chi connectivity index (χ3v) is 6.73. The van der Waals surface area contributed by atoms with Gasteiger partial charge in [0.15, 0.2) is 5.69 Å². The summed E-state index contributed by atoms with van der Waals surface area (Å²) in [6.45, 7) is 0.00110. The van der Waals surface area contributed by atoms with E-state index in [0.717, 1.165) is 10.9 Å². The first kappa shape index (κ1) is 27.8. The molecule has 3 amide bonds. The molecule has 0 unspecified atom stereocenters. The normalized spacial score (nSPS) is 17.3. The van der Waals surface area contributed by atoms with Gasteiger partial charge in [0, 0.05) is 44.4 Å². The number of benzene rings is 1. The fraction of sp³-hybridized carbons (Fsp3) is 0.370. The van der Waals surface area contributed by atoms with Gasteiger partial charge in [-0.25, -0.2) is 9.67 Å². The minimum Gasteiger partial charge on any atom is -0.354 e. The Morgan fingerprint density at radius 3 is 2.23 bits per heavy atom. The van der Waals surface area contributed by atoms with Crippen molar-refractivity contribution in [3.8, 4) is 5.69 Å². The molecule has 1 aliphatic carbocycles. The molecule has 0 aliphatic heterocycles. The molecule has 1 aliphatic rings. The standard InChI is InChI=1S/C27H29F3N6O3/c1-35(22-9-5-6-14-31-22)26(39)19-12-10-18(11-13-19)24(37)32-15-16-33-25(38)21-17-36(20-7-3-2-4-8-20)34-23(21)27(28,29)30/h2-9,14,17-19H,10-13,15-16H2,1H3,(H,32,37)(H,33,38)/t18-,19-. The Kier molecular flexibility index (Phi) is 8.62. The van der Waals surface area contributed by atoms with Gasteiger partial charge in [0.2, 0.25) is 11.8 Å². The third kappa shape index (κ3) is 6.81. The molecule has 2 heterocycles. The average molecular weight is 543 g/mol. The molecule has 39 heavy (non-hydrogen) atoms. The van der Waals surface area contributed by atoms with Gasteiger partial charge >= 0.3 is 6.18 Å². The van der Waals surface area contributed by atoms with Crippen LogP contribution in [0.4, 0.5) is 19.0 Å². The lowest BCUT2D eigenvalue weighted by molar-refractivity contribution is -0.141. The van der Waals surface area contributed by atoms with E-state index in [1.54, 1.807) is 55.7 Å². The Bertz CT molecular complexity index is 1290. The van der Waals surface area contributed by atoms with Crippen molar-refractivity contribution in [1.82, 2.24) is 25.4 Å². The molecule has 1 saturated carbocycles. The largest absolute Gasteiger partial charge is 0.435 e. The molecular formula is C27H29F3N6O3. The minimum atomic E-state index is -4.81. The van der Waals surface area contributed by atoms with Crippen LogP contribution in [0.2, 0.25) is 0 Å². The van der Waals surface area contributed by atoms with E-state index in [1.807, 2.05) is 6.07 Å². The lowest BCUT2D eigenvalue weighted by Gasteiger charge is -2.29. The number of alkyl halides is 3. The summed E-state index contributed by atoms with van der Waals surface area (Å²) in [5.41, 5.74) is -1.50. The van der Waals surface area contributed by atoms with E-state index in [0.29, 0.717) is 37.2 Å². The number of pyridine rings is 1. The van der Waals surface area contributed by atoms with Crippen LogP contribution in [0.1, 0.15) is 41.7 Å². The maximum absolute atomic E-state index is 13.5. The van der Waals surface area contributed by atoms with Crippen molar-refractivity contribution >= 4 is 23.5 Å². The molecule has 0 radical (unpaired) electrons. The summed E-state index contributed by atoms with van der Waals surface area (Å²) in [6, 6.07) is 13.5. The van der Waals surface area contributed by atoms with E-state index in [-0.39, 0.29) is 36.7 Å². The lowest BCUT2D eigenvalue weighted by Crippen LogP contribution is -2.40. The first-order valence-electron chi connectivity index (χ1n) is 12.6. The second-order valence-electron chi connectivity index (χ2n) is 9.35. The quantitative estimate of drug-likeness (QED) is 0.423. The highest BCUT2D eigenvalue weighted by Gasteiger charge is 2.39. The zero-order valence-electron chi connectivity index (χ0n) is 21.3. The number of halogens is 3. The van der Waals surface area contributed by atoms with Gasteiger partial charge in [0.25, 0.3) is 5.91 Å². The highest BCUT2D eigenvalue weighted by atomic mass is 19.4. The Balaban J connectivity index is 1.24. The van der Waals surface area contributed by atoms with E-state index in [2.05, 4.69) is 20.7 Å². The van der Waals surface area contributed by atoms with Gasteiger partial charge in [-0.15, -0.1) is 0 Å². The van der Waals surface area contributed by atoms with E-state index < -0.39 is 23.3 Å². The summed E-state index contributed by atoms with van der Waals surface area (Å²) in [5, 5.41) is 8.71. The topological polar surface area (TPSA) is 109 Å². The molecule has 4 rings (SSSR count). The van der Waals surface area contributed by atoms with Crippen LogP contribution in [0.15, 0.2) is 60.9 Å². The molecule has 0 spiro atoms. The molecule has 206 valence electrons. The van der Waals surface area contributed by atoms with Crippen molar-refractivity contribution in [3.63, 3.8) is 0 Å². The summed E-state index contributed by atoms with van der Waals surface area (Å²) in [6.07, 6.45) is 0.0593. The van der Waals surface area contributed by atoms with Crippen molar-refractivity contribution < 1.29 is 27.6 Å². The molecule has 1 aromatic carbocycles. The molecule has 0 saturated heterocycles. The van der Waals surface area contributed by atoms with Gasteiger partial charge < -0.3 is 10.6 Å². The number of amides is 3. The van der Waals surface area contributed by atoms with Crippen molar-refractivity contribution in [1.29, 1.82) is 0 Å². The zero-order chi connectivity index (χ0) is 28.0. The van der Waals surface area contributed by atoms with Crippen LogP contribution in [-0.2, 0) is 15.8 Å². The number of para-hydroxylation sites is 1. The monoisotopic (exact) mass is 542 g/mol. The van der Waals surface area contributed by atoms with Crippen molar-refractivity contribution in [3.05, 3.63) is 72.2 Å². The van der Waals surface area contributed by atoms with E-state index in [1.165, 1.54) is 4.90 Å². The van der Waals surface area contributed by atoms with Gasteiger partial charge in [0.05, 0.1) is 11.3 Å². The van der Waals surface area contributed by atoms with Crippen LogP contribution in [0.5, 0.6) is 0 Å². The van der Waals surface area contributed by atoms with Crippen LogP contribution in [0.3, 0.4) is 0 Å². The highest BCUT2D eigenvalue weighted by molar-refractivity contribution is 5.95. The Morgan fingerprint density at radius 2 is 1.59 bits per heavy atom. The first-order chi connectivity index (χ1) is 18.6. The zero-order valence-corrected chi connectivity index (χ0v) is 21.3. The number of nitrogens with zero attached hydrogens (tertiary/aromatic N) is 4. The predicted octanol–water partition coefficient (Wildman–Crippen LogP) is 3.60. The second-order valence-corrected chi connectivity index (χ2v) is 9.35. The molecule has 9 nitrogen and oxygen atoms in total. The van der Waals surface area contributed by atoms with E-state index >= 15 is 0 Å². The van der Waals surface area contributed by atoms with Crippen LogP contribution >= 0.6 is 0 Å². The number of carbonyl (C=O) groups is 3. The summed E-state index contributed by atoms with van der Waals surface area (Å²) >= 11 is 0. The van der Waals surface area contributed by atoms with Crippen molar-refractivity contribution in [2.45, 2.75) is 31.9 Å².